The summed E-state index contributed by atoms with van der Waals surface area (Å²) < 4.78 is 0. The molecule has 0 spiro atoms. The Hall–Kier alpha value is -2.50. The fourth-order valence-electron chi connectivity index (χ4n) is 4.65. The van der Waals surface area contributed by atoms with Crippen LogP contribution in [0.2, 0.25) is 0 Å². The number of nitrogens with one attached hydrogen (secondary N) is 3. The van der Waals surface area contributed by atoms with Crippen molar-refractivity contribution < 1.29 is 14.4 Å². The van der Waals surface area contributed by atoms with Crippen LogP contribution in [0.5, 0.6) is 0 Å². The van der Waals surface area contributed by atoms with Crippen LogP contribution in [-0.2, 0) is 9.59 Å². The van der Waals surface area contributed by atoms with Gasteiger partial charge in [0.15, 0.2) is 5.96 Å². The summed E-state index contributed by atoms with van der Waals surface area (Å²) in [7, 11) is 1.64. The van der Waals surface area contributed by atoms with E-state index >= 15 is 0 Å². The second-order valence-electron chi connectivity index (χ2n) is 7.75. The third-order valence-electron chi connectivity index (χ3n) is 6.04. The second kappa shape index (κ2) is 10.2. The van der Waals surface area contributed by atoms with Crippen molar-refractivity contribution in [2.24, 2.45) is 28.7 Å². The average molecular weight is 538 g/mol. The van der Waals surface area contributed by atoms with Crippen molar-refractivity contribution in [1.82, 2.24) is 25.8 Å². The van der Waals surface area contributed by atoms with Crippen molar-refractivity contribution in [2.45, 2.75) is 6.42 Å². The normalized spacial score (nSPS) is 26.0. The highest BCUT2D eigenvalue weighted by molar-refractivity contribution is 14.0. The van der Waals surface area contributed by atoms with Crippen molar-refractivity contribution in [2.75, 3.05) is 33.2 Å². The molecule has 0 radical (unpaired) electrons. The molecule has 31 heavy (non-hydrogen) atoms. The Bertz CT molecular complexity index is 860. The highest BCUT2D eigenvalue weighted by Crippen LogP contribution is 2.52. The maximum absolute atomic E-state index is 12.7. The van der Waals surface area contributed by atoms with Crippen LogP contribution in [0.3, 0.4) is 0 Å². The molecule has 1 saturated carbocycles. The van der Waals surface area contributed by atoms with Gasteiger partial charge >= 0.3 is 0 Å². The molecule has 3 amide bonds. The van der Waals surface area contributed by atoms with Gasteiger partial charge in [0.1, 0.15) is 0 Å². The van der Waals surface area contributed by atoms with E-state index in [1.54, 1.807) is 25.4 Å². The van der Waals surface area contributed by atoms with Crippen LogP contribution in [0, 0.1) is 23.7 Å². The minimum absolute atomic E-state index is 0. The molecule has 3 N–H and O–H groups in total. The Morgan fingerprint density at radius 2 is 1.74 bits per heavy atom. The first kappa shape index (κ1) is 23.2. The molecule has 1 saturated heterocycles. The molecule has 2 heterocycles. The molecule has 2 fully saturated rings. The number of halogens is 1. The first-order valence-electron chi connectivity index (χ1n) is 10.3. The van der Waals surface area contributed by atoms with Crippen molar-refractivity contribution in [3.8, 4) is 0 Å². The molecule has 2 bridgehead atoms. The molecule has 4 atom stereocenters. The lowest BCUT2D eigenvalue weighted by Gasteiger charge is -2.18. The highest BCUT2D eigenvalue weighted by Gasteiger charge is 2.58. The Morgan fingerprint density at radius 1 is 1.10 bits per heavy atom. The lowest BCUT2D eigenvalue weighted by molar-refractivity contribution is -0.140. The van der Waals surface area contributed by atoms with Crippen LogP contribution in [0.15, 0.2) is 41.7 Å². The van der Waals surface area contributed by atoms with Crippen molar-refractivity contribution in [3.63, 3.8) is 0 Å². The fourth-order valence-corrected chi connectivity index (χ4v) is 4.65. The van der Waals surface area contributed by atoms with Crippen LogP contribution in [0.25, 0.3) is 0 Å². The first-order valence-corrected chi connectivity index (χ1v) is 10.3. The number of carbonyl (C=O) groups excluding carboxylic acids is 3. The van der Waals surface area contributed by atoms with E-state index in [4.69, 9.17) is 0 Å². The number of hydrogen-bond donors (Lipinski definition) is 3. The SMILES string of the molecule is CN=C(NCCNC(=O)c1cccnc1)NCCN1C(=O)C2C3C=CC(C3)C2C1=O.I. The summed E-state index contributed by atoms with van der Waals surface area (Å²) in [6.07, 6.45) is 8.26. The van der Waals surface area contributed by atoms with Gasteiger partial charge in [0, 0.05) is 45.6 Å². The number of aromatic nitrogens is 1. The molecule has 3 aliphatic rings. The number of fused-ring (bicyclic) bond motifs is 5. The van der Waals surface area contributed by atoms with Gasteiger partial charge in [-0.3, -0.25) is 29.3 Å². The molecule has 1 aromatic rings. The number of rotatable bonds is 7. The number of likely N-dealkylation sites (tertiary alicyclic amines) is 1. The van der Waals surface area contributed by atoms with Crippen LogP contribution in [0.1, 0.15) is 16.8 Å². The standard InChI is InChI=1S/C21H26N6O3.HI/c1-22-21(25-8-7-24-18(28)15-3-2-6-23-12-15)26-9-10-27-19(29)16-13-4-5-14(11-13)17(16)20(27)30;/h2-6,12-14,16-17H,7-11H2,1H3,(H,24,28)(H2,22,25,26);1H. The van der Waals surface area contributed by atoms with E-state index in [1.807, 2.05) is 0 Å². The molecule has 9 nitrogen and oxygen atoms in total. The van der Waals surface area contributed by atoms with E-state index in [2.05, 4.69) is 38.1 Å². The van der Waals surface area contributed by atoms with E-state index in [0.717, 1.165) is 6.42 Å². The summed E-state index contributed by atoms with van der Waals surface area (Å²) in [5.41, 5.74) is 0.508. The average Bonchev–Trinajstić information content (AvgIpc) is 3.45. The number of guanidine groups is 1. The third-order valence-corrected chi connectivity index (χ3v) is 6.04. The second-order valence-corrected chi connectivity index (χ2v) is 7.75. The number of amides is 3. The summed E-state index contributed by atoms with van der Waals surface area (Å²) in [4.78, 5) is 46.8. The van der Waals surface area contributed by atoms with E-state index in [1.165, 1.54) is 11.1 Å². The molecular formula is C21H27IN6O3. The van der Waals surface area contributed by atoms with Gasteiger partial charge in [0.25, 0.3) is 5.91 Å². The predicted octanol–water partition coefficient (Wildman–Crippen LogP) is 0.401. The monoisotopic (exact) mass is 538 g/mol. The van der Waals surface area contributed by atoms with Crippen molar-refractivity contribution >= 4 is 47.7 Å². The minimum atomic E-state index is -0.187. The number of carbonyl (C=O) groups is 3. The van der Waals surface area contributed by atoms with Crippen LogP contribution < -0.4 is 16.0 Å². The maximum atomic E-state index is 12.7. The summed E-state index contributed by atoms with van der Waals surface area (Å²) in [5.74, 6) is 0.423. The zero-order chi connectivity index (χ0) is 21.1. The Kier molecular flexibility index (Phi) is 7.63. The summed E-state index contributed by atoms with van der Waals surface area (Å²) in [5, 5.41) is 9.01. The first-order chi connectivity index (χ1) is 14.6. The molecular weight excluding hydrogens is 511 g/mol. The quantitative estimate of drug-likeness (QED) is 0.116. The highest BCUT2D eigenvalue weighted by atomic mass is 127. The molecule has 0 aromatic carbocycles. The number of allylic oxidation sites excluding steroid dienone is 2. The van der Waals surface area contributed by atoms with E-state index < -0.39 is 0 Å². The summed E-state index contributed by atoms with van der Waals surface area (Å²) in [6, 6.07) is 3.41. The van der Waals surface area contributed by atoms with Gasteiger partial charge in [-0.15, -0.1) is 24.0 Å². The lowest BCUT2D eigenvalue weighted by Crippen LogP contribution is -2.45. The summed E-state index contributed by atoms with van der Waals surface area (Å²) in [6.45, 7) is 1.63. The Labute approximate surface area is 198 Å². The zero-order valence-corrected chi connectivity index (χ0v) is 19.6. The van der Waals surface area contributed by atoms with Crippen LogP contribution in [-0.4, -0.2) is 66.8 Å². The van der Waals surface area contributed by atoms with Crippen molar-refractivity contribution in [3.05, 3.63) is 42.2 Å². The van der Waals surface area contributed by atoms with Gasteiger partial charge in [-0.05, 0) is 30.4 Å². The summed E-state index contributed by atoms with van der Waals surface area (Å²) >= 11 is 0. The van der Waals surface area contributed by atoms with E-state index in [-0.39, 0.29) is 65.4 Å². The Balaban J connectivity index is 0.00000272. The Morgan fingerprint density at radius 3 is 2.35 bits per heavy atom. The zero-order valence-electron chi connectivity index (χ0n) is 17.3. The van der Waals surface area contributed by atoms with E-state index in [9.17, 15) is 14.4 Å². The topological polar surface area (TPSA) is 116 Å². The van der Waals surface area contributed by atoms with Crippen LogP contribution >= 0.6 is 24.0 Å². The van der Waals surface area contributed by atoms with E-state index in [0.29, 0.717) is 37.7 Å². The maximum Gasteiger partial charge on any atom is 0.252 e. The van der Waals surface area contributed by atoms with Crippen molar-refractivity contribution in [1.29, 1.82) is 0 Å². The van der Waals surface area contributed by atoms with Gasteiger partial charge < -0.3 is 16.0 Å². The fraction of sp³-hybridized carbons (Fsp3) is 0.476. The number of pyridine rings is 1. The molecule has 2 aliphatic carbocycles. The number of aliphatic imine (C=N–C) groups is 1. The smallest absolute Gasteiger partial charge is 0.252 e. The number of nitrogens with zero attached hydrogens (tertiary/aromatic N) is 3. The van der Waals surface area contributed by atoms with Gasteiger partial charge in [0.2, 0.25) is 11.8 Å². The molecule has 10 heteroatoms. The van der Waals surface area contributed by atoms with Crippen LogP contribution in [0.4, 0.5) is 0 Å². The molecule has 166 valence electrons. The molecule has 4 rings (SSSR count). The molecule has 1 aromatic heterocycles. The predicted molar refractivity (Wildman–Crippen MR) is 126 cm³/mol. The van der Waals surface area contributed by atoms with Gasteiger partial charge in [-0.2, -0.15) is 0 Å². The third kappa shape index (κ3) is 4.73. The number of imide groups is 1. The minimum Gasteiger partial charge on any atom is -0.355 e. The lowest BCUT2D eigenvalue weighted by atomic mass is 9.85. The molecule has 4 unspecified atom stereocenters. The van der Waals surface area contributed by atoms with Gasteiger partial charge in [-0.25, -0.2) is 0 Å². The largest absolute Gasteiger partial charge is 0.355 e. The molecule has 1 aliphatic heterocycles. The van der Waals surface area contributed by atoms with Gasteiger partial charge in [0.05, 0.1) is 17.4 Å². The van der Waals surface area contributed by atoms with Gasteiger partial charge in [-0.1, -0.05) is 12.2 Å². The number of hydrogen-bond acceptors (Lipinski definition) is 5.